The Bertz CT molecular complexity index is 1620. The van der Waals surface area contributed by atoms with Crippen LogP contribution in [-0.2, 0) is 16.8 Å². The molecule has 0 saturated carbocycles. The average molecular weight is 591 g/mol. The van der Waals surface area contributed by atoms with Crippen LogP contribution in [0.3, 0.4) is 0 Å². The van der Waals surface area contributed by atoms with Crippen molar-refractivity contribution in [3.05, 3.63) is 88.6 Å². The van der Waals surface area contributed by atoms with Crippen LogP contribution < -0.4 is 15.8 Å². The SMILES string of the molecule is CCOc1c(CC(N)=O)cc([C@@](O)(CNC(=O)c2ccc3c(Cl)nccc3c2)C(F)(F)F)nc1-c1ccc(F)cc1. The summed E-state index contributed by atoms with van der Waals surface area (Å²) in [5.74, 6) is -2.46. The molecule has 0 spiro atoms. The lowest BCUT2D eigenvalue weighted by atomic mass is 9.93. The fourth-order valence-electron chi connectivity index (χ4n) is 4.15. The average Bonchev–Trinajstić information content (AvgIpc) is 2.92. The molecule has 2 amide bonds. The maximum absolute atomic E-state index is 14.5. The van der Waals surface area contributed by atoms with E-state index in [-0.39, 0.29) is 39.9 Å². The van der Waals surface area contributed by atoms with Gasteiger partial charge in [-0.05, 0) is 60.8 Å². The molecule has 2 aromatic heterocycles. The molecule has 41 heavy (non-hydrogen) atoms. The van der Waals surface area contributed by atoms with Gasteiger partial charge in [-0.2, -0.15) is 13.2 Å². The molecule has 0 radical (unpaired) electrons. The molecule has 4 N–H and O–H groups in total. The zero-order valence-electron chi connectivity index (χ0n) is 21.4. The Morgan fingerprint density at radius 1 is 1.10 bits per heavy atom. The van der Waals surface area contributed by atoms with Crippen molar-refractivity contribution < 1.29 is 37.0 Å². The van der Waals surface area contributed by atoms with Gasteiger partial charge in [-0.1, -0.05) is 17.7 Å². The number of nitrogens with zero attached hydrogens (tertiary/aromatic N) is 2. The van der Waals surface area contributed by atoms with Crippen molar-refractivity contribution in [1.29, 1.82) is 0 Å². The summed E-state index contributed by atoms with van der Waals surface area (Å²) in [6, 6.07) is 11.3. The van der Waals surface area contributed by atoms with Crippen LogP contribution in [0.2, 0.25) is 5.15 Å². The van der Waals surface area contributed by atoms with E-state index in [1.807, 2.05) is 0 Å². The van der Waals surface area contributed by atoms with Gasteiger partial charge in [-0.25, -0.2) is 14.4 Å². The quantitative estimate of drug-likeness (QED) is 0.192. The number of nitrogens with one attached hydrogen (secondary N) is 1. The Balaban J connectivity index is 1.78. The van der Waals surface area contributed by atoms with Crippen LogP contribution in [0, 0.1) is 5.82 Å². The third-order valence-electron chi connectivity index (χ3n) is 6.20. The summed E-state index contributed by atoms with van der Waals surface area (Å²) in [6.45, 7) is 0.327. The van der Waals surface area contributed by atoms with Crippen LogP contribution in [0.4, 0.5) is 17.6 Å². The number of amides is 2. The molecule has 214 valence electrons. The Kier molecular flexibility index (Phi) is 8.45. The van der Waals surface area contributed by atoms with Crippen molar-refractivity contribution in [3.63, 3.8) is 0 Å². The summed E-state index contributed by atoms with van der Waals surface area (Å²) in [5, 5.41) is 14.4. The smallest absolute Gasteiger partial charge is 0.424 e. The number of primary amides is 1. The Morgan fingerprint density at radius 2 is 1.80 bits per heavy atom. The van der Waals surface area contributed by atoms with E-state index in [2.05, 4.69) is 15.3 Å². The highest BCUT2D eigenvalue weighted by atomic mass is 35.5. The van der Waals surface area contributed by atoms with Gasteiger partial charge in [-0.15, -0.1) is 0 Å². The van der Waals surface area contributed by atoms with Gasteiger partial charge in [0.15, 0.2) is 0 Å². The van der Waals surface area contributed by atoms with E-state index in [1.54, 1.807) is 13.0 Å². The van der Waals surface area contributed by atoms with Crippen LogP contribution in [0.25, 0.3) is 22.0 Å². The minimum atomic E-state index is -5.34. The van der Waals surface area contributed by atoms with Gasteiger partial charge in [-0.3, -0.25) is 9.59 Å². The maximum atomic E-state index is 14.5. The molecular formula is C28H23ClF4N4O4. The molecule has 0 aliphatic carbocycles. The lowest BCUT2D eigenvalue weighted by molar-refractivity contribution is -0.265. The molecule has 4 aromatic rings. The van der Waals surface area contributed by atoms with E-state index < -0.39 is 48.1 Å². The molecule has 4 rings (SSSR count). The van der Waals surface area contributed by atoms with E-state index in [1.165, 1.54) is 36.5 Å². The van der Waals surface area contributed by atoms with Gasteiger partial charge in [0.1, 0.15) is 22.4 Å². The highest BCUT2D eigenvalue weighted by molar-refractivity contribution is 6.34. The van der Waals surface area contributed by atoms with Crippen molar-refractivity contribution in [1.82, 2.24) is 15.3 Å². The first-order valence-corrected chi connectivity index (χ1v) is 12.5. The van der Waals surface area contributed by atoms with Gasteiger partial charge in [0.25, 0.3) is 5.91 Å². The standard InChI is InChI=1S/C28H23ClF4N4O4/c1-2-41-24-18(13-22(34)38)12-21(37-23(24)15-3-6-19(30)7-4-15)27(40,28(31,32)33)14-36-26(39)17-5-8-20-16(11-17)9-10-35-25(20)29/h3-12,40H,2,13-14H2,1H3,(H2,34,38)(H,36,39)/t27-/m0/s1. The molecule has 0 bridgehead atoms. The molecular weight excluding hydrogens is 568 g/mol. The number of fused-ring (bicyclic) bond motifs is 1. The van der Waals surface area contributed by atoms with Crippen LogP contribution >= 0.6 is 11.6 Å². The number of carbonyl (C=O) groups is 2. The van der Waals surface area contributed by atoms with E-state index in [0.717, 1.165) is 18.2 Å². The molecule has 0 unspecified atom stereocenters. The molecule has 2 aromatic carbocycles. The number of aromatic nitrogens is 2. The van der Waals surface area contributed by atoms with Crippen molar-refractivity contribution >= 4 is 34.2 Å². The molecule has 0 saturated heterocycles. The number of halogens is 5. The lowest BCUT2D eigenvalue weighted by Gasteiger charge is -2.31. The summed E-state index contributed by atoms with van der Waals surface area (Å²) in [4.78, 5) is 32.7. The number of hydrogen-bond donors (Lipinski definition) is 3. The number of aliphatic hydroxyl groups is 1. The zero-order valence-corrected chi connectivity index (χ0v) is 22.2. The van der Waals surface area contributed by atoms with Crippen molar-refractivity contribution in [2.75, 3.05) is 13.2 Å². The van der Waals surface area contributed by atoms with E-state index >= 15 is 0 Å². The summed E-state index contributed by atoms with van der Waals surface area (Å²) >= 11 is 6.03. The topological polar surface area (TPSA) is 127 Å². The normalized spacial score (nSPS) is 13.0. The second-order valence-electron chi connectivity index (χ2n) is 9.01. The van der Waals surface area contributed by atoms with Crippen LogP contribution in [-0.4, -0.2) is 46.2 Å². The number of nitrogens with two attached hydrogens (primary N) is 1. The van der Waals surface area contributed by atoms with Crippen molar-refractivity contribution in [2.45, 2.75) is 25.1 Å². The first kappa shape index (κ1) is 29.7. The third-order valence-corrected chi connectivity index (χ3v) is 6.50. The molecule has 1 atom stereocenters. The molecule has 8 nitrogen and oxygen atoms in total. The van der Waals surface area contributed by atoms with Gasteiger partial charge >= 0.3 is 6.18 Å². The van der Waals surface area contributed by atoms with Gasteiger partial charge < -0.3 is 20.9 Å². The zero-order chi connectivity index (χ0) is 29.9. The second-order valence-corrected chi connectivity index (χ2v) is 9.36. The summed E-state index contributed by atoms with van der Waals surface area (Å²) < 4.78 is 62.7. The van der Waals surface area contributed by atoms with E-state index in [4.69, 9.17) is 22.1 Å². The summed E-state index contributed by atoms with van der Waals surface area (Å²) in [5.41, 5.74) is 0.584. The molecule has 0 aliphatic heterocycles. The van der Waals surface area contributed by atoms with Gasteiger partial charge in [0.05, 0.1) is 25.3 Å². The number of alkyl halides is 3. The Labute approximate surface area is 236 Å². The lowest BCUT2D eigenvalue weighted by Crippen LogP contribution is -2.51. The van der Waals surface area contributed by atoms with E-state index in [0.29, 0.717) is 10.8 Å². The largest absolute Gasteiger partial charge is 0.491 e. The Hall–Kier alpha value is -4.29. The predicted octanol–water partition coefficient (Wildman–Crippen LogP) is 4.70. The highest BCUT2D eigenvalue weighted by Gasteiger charge is 2.56. The minimum absolute atomic E-state index is 0.00497. The minimum Gasteiger partial charge on any atom is -0.491 e. The number of benzene rings is 2. The molecule has 2 heterocycles. The molecule has 0 fully saturated rings. The first-order valence-electron chi connectivity index (χ1n) is 12.2. The van der Waals surface area contributed by atoms with Crippen LogP contribution in [0.1, 0.15) is 28.5 Å². The fourth-order valence-corrected chi connectivity index (χ4v) is 4.38. The second kappa shape index (κ2) is 11.7. The maximum Gasteiger partial charge on any atom is 0.424 e. The Morgan fingerprint density at radius 3 is 2.44 bits per heavy atom. The van der Waals surface area contributed by atoms with Gasteiger partial charge in [0, 0.05) is 28.3 Å². The fraction of sp³-hybridized carbons (Fsp3) is 0.214. The number of carbonyl (C=O) groups excluding carboxylic acids is 2. The summed E-state index contributed by atoms with van der Waals surface area (Å²) in [6.07, 6.45) is -4.48. The number of pyridine rings is 2. The molecule has 13 heteroatoms. The first-order chi connectivity index (χ1) is 19.3. The predicted molar refractivity (Wildman–Crippen MR) is 143 cm³/mol. The number of rotatable bonds is 9. The number of hydrogen-bond acceptors (Lipinski definition) is 6. The molecule has 0 aliphatic rings. The summed E-state index contributed by atoms with van der Waals surface area (Å²) in [7, 11) is 0. The van der Waals surface area contributed by atoms with Crippen LogP contribution in [0.15, 0.2) is 60.8 Å². The van der Waals surface area contributed by atoms with Crippen molar-refractivity contribution in [3.8, 4) is 17.0 Å². The van der Waals surface area contributed by atoms with E-state index in [9.17, 15) is 32.3 Å². The highest BCUT2D eigenvalue weighted by Crippen LogP contribution is 2.42. The monoisotopic (exact) mass is 590 g/mol. The van der Waals surface area contributed by atoms with Gasteiger partial charge in [0.2, 0.25) is 11.5 Å². The van der Waals surface area contributed by atoms with Crippen molar-refractivity contribution in [2.24, 2.45) is 5.73 Å². The number of ether oxygens (including phenoxy) is 1. The third kappa shape index (κ3) is 6.23. The van der Waals surface area contributed by atoms with Crippen LogP contribution in [0.5, 0.6) is 5.75 Å².